The van der Waals surface area contributed by atoms with Crippen molar-refractivity contribution in [2.45, 2.75) is 32.2 Å². The van der Waals surface area contributed by atoms with Gasteiger partial charge in [0.25, 0.3) is 5.56 Å². The highest BCUT2D eigenvalue weighted by atomic mass is 19.1. The number of anilines is 1. The number of piperazine rings is 1. The lowest BCUT2D eigenvalue weighted by Gasteiger charge is -2.36. The summed E-state index contributed by atoms with van der Waals surface area (Å²) in [5.41, 5.74) is 3.18. The van der Waals surface area contributed by atoms with Crippen LogP contribution in [0.3, 0.4) is 0 Å². The van der Waals surface area contributed by atoms with Crippen LogP contribution in [-0.2, 0) is 11.3 Å². The first kappa shape index (κ1) is 20.0. The number of halogens is 2. The maximum Gasteiger partial charge on any atom is 0.269 e. The zero-order chi connectivity index (χ0) is 20.3. The lowest BCUT2D eigenvalue weighted by atomic mass is 10.1. The van der Waals surface area contributed by atoms with Crippen LogP contribution in [0.5, 0.6) is 0 Å². The number of nitrogens with one attached hydrogen (secondary N) is 1. The van der Waals surface area contributed by atoms with Crippen LogP contribution in [0.25, 0.3) is 0 Å². The molecule has 6 nitrogen and oxygen atoms in total. The molecule has 1 saturated carbocycles. The van der Waals surface area contributed by atoms with Gasteiger partial charge in [-0.2, -0.15) is 5.10 Å². The van der Waals surface area contributed by atoms with E-state index in [1.807, 2.05) is 11.8 Å². The number of carbonyl (C=O) groups excluding carboxylic acids is 1. The third kappa shape index (κ3) is 4.21. The minimum Gasteiger partial charge on any atom is -0.359 e. The van der Waals surface area contributed by atoms with Crippen molar-refractivity contribution < 1.29 is 13.6 Å². The highest BCUT2D eigenvalue weighted by molar-refractivity contribution is 5.83. The minimum atomic E-state index is -0.267. The van der Waals surface area contributed by atoms with Crippen LogP contribution in [0.4, 0.5) is 14.5 Å². The Labute approximate surface area is 162 Å². The van der Waals surface area contributed by atoms with Crippen molar-refractivity contribution in [2.24, 2.45) is 0 Å². The van der Waals surface area contributed by atoms with E-state index >= 15 is 0 Å². The van der Waals surface area contributed by atoms with E-state index in [9.17, 15) is 18.4 Å². The number of hydrogen-bond donors (Lipinski definition) is 1. The molecule has 2 heterocycles. The van der Waals surface area contributed by atoms with Crippen molar-refractivity contribution in [3.63, 3.8) is 0 Å². The normalized spacial score (nSPS) is 16.6. The van der Waals surface area contributed by atoms with Gasteiger partial charge in [0.15, 0.2) is 0 Å². The van der Waals surface area contributed by atoms with E-state index in [0.717, 1.165) is 35.2 Å². The van der Waals surface area contributed by atoms with Crippen LogP contribution in [-0.4, -0.2) is 47.8 Å². The Bertz CT molecular complexity index is 911. The number of carbonyl (C=O) groups is 1. The molecular weight excluding hydrogens is 366 g/mol. The molecule has 1 aliphatic carbocycles. The number of rotatable bonds is 4. The molecule has 0 bridgehead atoms. The van der Waals surface area contributed by atoms with E-state index < -0.39 is 0 Å². The fraction of sp³-hybridized carbons (Fsp3) is 0.450. The molecule has 8 heteroatoms. The van der Waals surface area contributed by atoms with Crippen LogP contribution >= 0.6 is 0 Å². The van der Waals surface area contributed by atoms with Crippen LogP contribution < -0.4 is 10.5 Å². The number of hydrogen-bond acceptors (Lipinski definition) is 4. The summed E-state index contributed by atoms with van der Waals surface area (Å²) in [6.07, 6.45) is 3.68. The average Bonchev–Trinajstić information content (AvgIpc) is 3.51. The zero-order valence-electron chi connectivity index (χ0n) is 16.0. The topological polar surface area (TPSA) is 69.3 Å². The van der Waals surface area contributed by atoms with E-state index in [2.05, 4.69) is 10.2 Å². The number of alkyl halides is 1. The maximum absolute atomic E-state index is 13.3. The summed E-state index contributed by atoms with van der Waals surface area (Å²) in [7, 11) is 0.500. The van der Waals surface area contributed by atoms with Gasteiger partial charge in [-0.25, -0.2) is 9.49 Å². The predicted octanol–water partition coefficient (Wildman–Crippen LogP) is 2.53. The quantitative estimate of drug-likeness (QED) is 0.871. The van der Waals surface area contributed by atoms with Crippen molar-refractivity contribution in [3.05, 3.63) is 57.3 Å². The van der Waals surface area contributed by atoms with Crippen LogP contribution in [0, 0.1) is 12.7 Å². The van der Waals surface area contributed by atoms with Gasteiger partial charge in [-0.05, 0) is 48.9 Å². The van der Waals surface area contributed by atoms with Crippen molar-refractivity contribution in [1.82, 2.24) is 15.1 Å². The predicted molar refractivity (Wildman–Crippen MR) is 103 cm³/mol. The van der Waals surface area contributed by atoms with Gasteiger partial charge < -0.3 is 9.80 Å². The Kier molecular flexibility index (Phi) is 6.06. The van der Waals surface area contributed by atoms with Gasteiger partial charge >= 0.3 is 0 Å². The summed E-state index contributed by atoms with van der Waals surface area (Å²) >= 11 is 0. The van der Waals surface area contributed by atoms with Gasteiger partial charge in [0, 0.05) is 25.2 Å². The Morgan fingerprint density at radius 2 is 1.96 bits per heavy atom. The van der Waals surface area contributed by atoms with E-state index in [4.69, 9.17) is 0 Å². The Morgan fingerprint density at radius 1 is 1.21 bits per heavy atom. The Morgan fingerprint density at radius 3 is 2.61 bits per heavy atom. The summed E-state index contributed by atoms with van der Waals surface area (Å²) in [5.74, 6) is 0.0190. The molecule has 1 amide bonds. The summed E-state index contributed by atoms with van der Waals surface area (Å²) in [5, 5.41) is 6.43. The number of aromatic nitrogens is 2. The van der Waals surface area contributed by atoms with Crippen molar-refractivity contribution >= 4 is 11.6 Å². The van der Waals surface area contributed by atoms with Crippen molar-refractivity contribution in [3.8, 4) is 0 Å². The smallest absolute Gasteiger partial charge is 0.269 e. The lowest BCUT2D eigenvalue weighted by Crippen LogP contribution is -2.50. The highest BCUT2D eigenvalue weighted by Crippen LogP contribution is 2.42. The molecule has 0 atom stereocenters. The molecule has 150 valence electrons. The van der Waals surface area contributed by atoms with Gasteiger partial charge in [-0.15, -0.1) is 0 Å². The first-order valence-electron chi connectivity index (χ1n) is 9.26. The second kappa shape index (κ2) is 8.50. The molecule has 1 aromatic heterocycles. The summed E-state index contributed by atoms with van der Waals surface area (Å²) in [6, 6.07) is 4.64. The fourth-order valence-corrected chi connectivity index (χ4v) is 3.54. The van der Waals surface area contributed by atoms with Gasteiger partial charge in [-0.1, -0.05) is 6.07 Å². The molecule has 0 radical (unpaired) electrons. The molecular formula is C20H24F2N4O2. The Hall–Kier alpha value is -2.77. The van der Waals surface area contributed by atoms with Gasteiger partial charge in [0.05, 0.1) is 25.6 Å². The summed E-state index contributed by atoms with van der Waals surface area (Å²) in [4.78, 5) is 28.5. The fourth-order valence-electron chi connectivity index (χ4n) is 3.54. The lowest BCUT2D eigenvalue weighted by molar-refractivity contribution is -0.131. The number of aryl methyl sites for hydroxylation is 1. The van der Waals surface area contributed by atoms with Crippen LogP contribution in [0.2, 0.25) is 0 Å². The van der Waals surface area contributed by atoms with E-state index in [1.165, 1.54) is 12.1 Å². The zero-order valence-corrected chi connectivity index (χ0v) is 16.0. The van der Waals surface area contributed by atoms with Crippen LogP contribution in [0.1, 0.15) is 35.4 Å². The number of aromatic amines is 1. The van der Waals surface area contributed by atoms with Crippen LogP contribution in [0.15, 0.2) is 29.2 Å². The molecule has 2 aromatic rings. The molecule has 1 aromatic carbocycles. The SMILES string of the molecule is CF.Cc1cc(F)ccc1CN1CCN(c2cn[nH]c(=O)c2C2CC2)CC1=O. The molecule has 0 unspecified atom stereocenters. The van der Waals surface area contributed by atoms with E-state index in [0.29, 0.717) is 26.8 Å². The third-order valence-corrected chi connectivity index (χ3v) is 5.18. The number of benzene rings is 1. The van der Waals surface area contributed by atoms with Crippen molar-refractivity contribution in [1.29, 1.82) is 0 Å². The highest BCUT2D eigenvalue weighted by Gasteiger charge is 2.33. The summed E-state index contributed by atoms with van der Waals surface area (Å²) < 4.78 is 22.8. The standard InChI is InChI=1S/C19H21FN4O2.CH3F/c1-12-8-15(20)5-4-14(12)10-24-7-6-23(11-17(24)25)16-9-21-22-19(26)18(16)13-2-3-13;1-2/h4-5,8-9,13H,2-3,6-7,10-11H2,1H3,(H,22,26);1H3. The largest absolute Gasteiger partial charge is 0.359 e. The first-order chi connectivity index (χ1) is 13.5. The molecule has 28 heavy (non-hydrogen) atoms. The monoisotopic (exact) mass is 390 g/mol. The Balaban J connectivity index is 0.00000109. The van der Waals surface area contributed by atoms with Crippen molar-refractivity contribution in [2.75, 3.05) is 31.7 Å². The average molecular weight is 390 g/mol. The maximum atomic E-state index is 13.3. The molecule has 2 fully saturated rings. The first-order valence-corrected chi connectivity index (χ1v) is 9.26. The molecule has 1 saturated heterocycles. The molecule has 0 spiro atoms. The minimum absolute atomic E-state index is 0.00186. The number of nitrogens with zero attached hydrogens (tertiary/aromatic N) is 3. The van der Waals surface area contributed by atoms with E-state index in [1.54, 1.807) is 17.2 Å². The van der Waals surface area contributed by atoms with E-state index in [-0.39, 0.29) is 29.7 Å². The van der Waals surface area contributed by atoms with Gasteiger partial charge in [0.2, 0.25) is 5.91 Å². The molecule has 1 N–H and O–H groups in total. The molecule has 2 aliphatic rings. The molecule has 4 rings (SSSR count). The summed E-state index contributed by atoms with van der Waals surface area (Å²) in [6.45, 7) is 3.76. The molecule has 1 aliphatic heterocycles. The number of amides is 1. The third-order valence-electron chi connectivity index (χ3n) is 5.18. The number of H-pyrrole nitrogens is 1. The second-order valence-electron chi connectivity index (χ2n) is 7.08. The van der Waals surface area contributed by atoms with Gasteiger partial charge in [0.1, 0.15) is 5.82 Å². The second-order valence-corrected chi connectivity index (χ2v) is 7.08. The van der Waals surface area contributed by atoms with Gasteiger partial charge in [-0.3, -0.25) is 14.0 Å².